The molecule has 128 valence electrons. The molecule has 3 rings (SSSR count). The second-order valence-electron chi connectivity index (χ2n) is 5.33. The van der Waals surface area contributed by atoms with Crippen molar-refractivity contribution in [2.45, 2.75) is 6.92 Å². The van der Waals surface area contributed by atoms with Crippen molar-refractivity contribution in [1.82, 2.24) is 15.5 Å². The largest absolute Gasteiger partial charge is 0.475 e. The molecule has 3 aromatic rings. The summed E-state index contributed by atoms with van der Waals surface area (Å²) in [7, 11) is 0. The Labute approximate surface area is 145 Å². The molecule has 25 heavy (non-hydrogen) atoms. The van der Waals surface area contributed by atoms with Crippen LogP contribution in [0.1, 0.15) is 5.56 Å². The van der Waals surface area contributed by atoms with Gasteiger partial charge in [0.05, 0.1) is 18.5 Å². The summed E-state index contributed by atoms with van der Waals surface area (Å²) in [6, 6.07) is 14.7. The first-order valence-electron chi connectivity index (χ1n) is 7.82. The normalized spacial score (nSPS) is 10.3. The number of furan rings is 1. The lowest BCUT2D eigenvalue weighted by Crippen LogP contribution is -2.32. The van der Waals surface area contributed by atoms with E-state index in [2.05, 4.69) is 20.8 Å². The number of carbonyl (C=O) groups excluding carboxylic acids is 1. The van der Waals surface area contributed by atoms with Gasteiger partial charge < -0.3 is 14.5 Å². The van der Waals surface area contributed by atoms with Crippen LogP contribution in [0.4, 0.5) is 10.7 Å². The summed E-state index contributed by atoms with van der Waals surface area (Å²) in [4.78, 5) is 11.6. The van der Waals surface area contributed by atoms with Crippen LogP contribution in [0.15, 0.2) is 59.2 Å². The van der Waals surface area contributed by atoms with Gasteiger partial charge in [-0.3, -0.25) is 5.32 Å². The summed E-state index contributed by atoms with van der Waals surface area (Å²) in [5, 5.41) is 13.4. The lowest BCUT2D eigenvalue weighted by molar-refractivity contribution is 0.245. The SMILES string of the molecule is Cc1ccc(-c2ccc(OCCNC(=O)Nc3ccco3)nn2)cc1. The molecule has 0 atom stereocenters. The van der Waals surface area contributed by atoms with Gasteiger partial charge in [0.25, 0.3) is 0 Å². The number of hydrogen-bond acceptors (Lipinski definition) is 5. The highest BCUT2D eigenvalue weighted by Crippen LogP contribution is 2.18. The zero-order chi connectivity index (χ0) is 17.5. The number of anilines is 1. The van der Waals surface area contributed by atoms with E-state index in [0.717, 1.165) is 11.3 Å². The fourth-order valence-corrected chi connectivity index (χ4v) is 2.10. The van der Waals surface area contributed by atoms with E-state index in [0.29, 0.717) is 18.3 Å². The van der Waals surface area contributed by atoms with Gasteiger partial charge in [-0.1, -0.05) is 29.8 Å². The number of amides is 2. The molecule has 0 saturated carbocycles. The van der Waals surface area contributed by atoms with Crippen LogP contribution in [0.3, 0.4) is 0 Å². The summed E-state index contributed by atoms with van der Waals surface area (Å²) in [5.74, 6) is 0.792. The van der Waals surface area contributed by atoms with Crippen LogP contribution in [0.5, 0.6) is 5.88 Å². The van der Waals surface area contributed by atoms with Crippen molar-refractivity contribution < 1.29 is 13.9 Å². The van der Waals surface area contributed by atoms with E-state index < -0.39 is 0 Å². The molecule has 2 amide bonds. The van der Waals surface area contributed by atoms with Gasteiger partial charge in [0.2, 0.25) is 11.8 Å². The van der Waals surface area contributed by atoms with Gasteiger partial charge in [-0.25, -0.2) is 4.79 Å². The highest BCUT2D eigenvalue weighted by Gasteiger charge is 2.04. The zero-order valence-corrected chi connectivity index (χ0v) is 13.7. The molecule has 0 radical (unpaired) electrons. The van der Waals surface area contributed by atoms with Crippen molar-refractivity contribution >= 4 is 11.9 Å². The lowest BCUT2D eigenvalue weighted by Gasteiger charge is -2.07. The molecule has 0 unspecified atom stereocenters. The Morgan fingerprint density at radius 3 is 2.64 bits per heavy atom. The summed E-state index contributed by atoms with van der Waals surface area (Å²) < 4.78 is 10.5. The third-order valence-corrected chi connectivity index (χ3v) is 3.38. The first-order chi connectivity index (χ1) is 12.2. The summed E-state index contributed by atoms with van der Waals surface area (Å²) in [6.07, 6.45) is 1.48. The number of nitrogens with one attached hydrogen (secondary N) is 2. The van der Waals surface area contributed by atoms with Crippen molar-refractivity contribution in [2.24, 2.45) is 0 Å². The fourth-order valence-electron chi connectivity index (χ4n) is 2.10. The van der Waals surface area contributed by atoms with E-state index in [1.165, 1.54) is 11.8 Å². The van der Waals surface area contributed by atoms with E-state index in [1.807, 2.05) is 37.3 Å². The summed E-state index contributed by atoms with van der Waals surface area (Å²) in [5.41, 5.74) is 2.98. The van der Waals surface area contributed by atoms with Gasteiger partial charge in [-0.2, -0.15) is 0 Å². The molecule has 1 aromatic carbocycles. The van der Waals surface area contributed by atoms with E-state index in [9.17, 15) is 4.79 Å². The summed E-state index contributed by atoms with van der Waals surface area (Å²) >= 11 is 0. The van der Waals surface area contributed by atoms with Crippen LogP contribution < -0.4 is 15.4 Å². The number of aromatic nitrogens is 2. The van der Waals surface area contributed by atoms with Crippen LogP contribution in [-0.4, -0.2) is 29.4 Å². The third kappa shape index (κ3) is 4.81. The minimum Gasteiger partial charge on any atom is -0.475 e. The van der Waals surface area contributed by atoms with Gasteiger partial charge in [-0.15, -0.1) is 10.2 Å². The van der Waals surface area contributed by atoms with Gasteiger partial charge in [-0.05, 0) is 19.1 Å². The molecule has 0 saturated heterocycles. The van der Waals surface area contributed by atoms with Gasteiger partial charge in [0, 0.05) is 17.7 Å². The number of carbonyl (C=O) groups is 1. The smallest absolute Gasteiger partial charge is 0.321 e. The molecule has 0 aliphatic rings. The molecule has 0 bridgehead atoms. The summed E-state index contributed by atoms with van der Waals surface area (Å²) in [6.45, 7) is 2.65. The molecule has 0 aliphatic carbocycles. The standard InChI is InChI=1S/C18H18N4O3/c1-13-4-6-14(7-5-13)15-8-9-17(22-21-15)25-12-10-19-18(23)20-16-3-2-11-24-16/h2-9,11H,10,12H2,1H3,(H2,19,20,23). The second kappa shape index (κ2) is 7.96. The highest BCUT2D eigenvalue weighted by atomic mass is 16.5. The number of nitrogens with zero attached hydrogens (tertiary/aromatic N) is 2. The Morgan fingerprint density at radius 2 is 1.96 bits per heavy atom. The van der Waals surface area contributed by atoms with Crippen LogP contribution in [0, 0.1) is 6.92 Å². The first kappa shape index (κ1) is 16.5. The van der Waals surface area contributed by atoms with E-state index in [1.54, 1.807) is 18.2 Å². The van der Waals surface area contributed by atoms with Crippen LogP contribution >= 0.6 is 0 Å². The molecular formula is C18H18N4O3. The number of hydrogen-bond donors (Lipinski definition) is 2. The lowest BCUT2D eigenvalue weighted by atomic mass is 10.1. The van der Waals surface area contributed by atoms with Crippen molar-refractivity contribution in [3.63, 3.8) is 0 Å². The quantitative estimate of drug-likeness (QED) is 0.674. The van der Waals surface area contributed by atoms with Crippen LogP contribution in [0.2, 0.25) is 0 Å². The van der Waals surface area contributed by atoms with Gasteiger partial charge >= 0.3 is 6.03 Å². The average Bonchev–Trinajstić information content (AvgIpc) is 3.13. The molecular weight excluding hydrogens is 320 g/mol. The molecule has 7 heteroatoms. The third-order valence-electron chi connectivity index (χ3n) is 3.38. The van der Waals surface area contributed by atoms with Crippen molar-refractivity contribution in [2.75, 3.05) is 18.5 Å². The molecule has 2 N–H and O–H groups in total. The molecule has 0 spiro atoms. The maximum Gasteiger partial charge on any atom is 0.321 e. The Morgan fingerprint density at radius 1 is 1.12 bits per heavy atom. The molecule has 0 fully saturated rings. The maximum atomic E-state index is 11.6. The van der Waals surface area contributed by atoms with Crippen LogP contribution in [0.25, 0.3) is 11.3 Å². The van der Waals surface area contributed by atoms with Gasteiger partial charge in [0.1, 0.15) is 6.61 Å². The molecule has 2 aromatic heterocycles. The Bertz CT molecular complexity index is 799. The van der Waals surface area contributed by atoms with Crippen LogP contribution in [-0.2, 0) is 0 Å². The topological polar surface area (TPSA) is 89.3 Å². The van der Waals surface area contributed by atoms with Gasteiger partial charge in [0.15, 0.2) is 0 Å². The number of urea groups is 1. The molecule has 7 nitrogen and oxygen atoms in total. The molecule has 0 aliphatic heterocycles. The number of ether oxygens (including phenoxy) is 1. The average molecular weight is 338 g/mol. The van der Waals surface area contributed by atoms with E-state index in [-0.39, 0.29) is 12.6 Å². The predicted octanol–water partition coefficient (Wildman–Crippen LogP) is 3.25. The minimum atomic E-state index is -0.362. The number of aryl methyl sites for hydroxylation is 1. The molecule has 2 heterocycles. The fraction of sp³-hybridized carbons (Fsp3) is 0.167. The van der Waals surface area contributed by atoms with Crippen molar-refractivity contribution in [3.8, 4) is 17.1 Å². The minimum absolute atomic E-state index is 0.282. The van der Waals surface area contributed by atoms with Crippen molar-refractivity contribution in [1.29, 1.82) is 0 Å². The maximum absolute atomic E-state index is 11.6. The predicted molar refractivity (Wildman–Crippen MR) is 93.4 cm³/mol. The monoisotopic (exact) mass is 338 g/mol. The van der Waals surface area contributed by atoms with E-state index in [4.69, 9.17) is 9.15 Å². The van der Waals surface area contributed by atoms with E-state index >= 15 is 0 Å². The second-order valence-corrected chi connectivity index (χ2v) is 5.33. The Hall–Kier alpha value is -3.35. The Balaban J connectivity index is 1.43. The first-order valence-corrected chi connectivity index (χ1v) is 7.82. The Kier molecular flexibility index (Phi) is 5.26. The number of benzene rings is 1. The zero-order valence-electron chi connectivity index (χ0n) is 13.7. The highest BCUT2D eigenvalue weighted by molar-refractivity contribution is 5.87. The van der Waals surface area contributed by atoms with Crippen molar-refractivity contribution in [3.05, 3.63) is 60.4 Å². The number of rotatable bonds is 6.